The first kappa shape index (κ1) is 17.7. The van der Waals surface area contributed by atoms with E-state index in [1.807, 2.05) is 24.3 Å². The van der Waals surface area contributed by atoms with Crippen molar-refractivity contribution in [3.8, 4) is 0 Å². The van der Waals surface area contributed by atoms with Gasteiger partial charge in [-0.1, -0.05) is 28.1 Å². The Kier molecular flexibility index (Phi) is 5.56. The molecule has 0 N–H and O–H groups in total. The highest BCUT2D eigenvalue weighted by molar-refractivity contribution is 9.10. The van der Waals surface area contributed by atoms with E-state index in [9.17, 15) is 13.2 Å². The summed E-state index contributed by atoms with van der Waals surface area (Å²) in [6.45, 7) is 0.258. The summed E-state index contributed by atoms with van der Waals surface area (Å²) >= 11 is 3.34. The number of ether oxygens (including phenoxy) is 1. The maximum absolute atomic E-state index is 12.6. The highest BCUT2D eigenvalue weighted by Gasteiger charge is 2.21. The molecule has 2 aromatic carbocycles. The maximum atomic E-state index is 12.6. The number of rotatable bonds is 5. The monoisotopic (exact) mass is 397 g/mol. The van der Waals surface area contributed by atoms with Crippen LogP contribution in [-0.4, -0.2) is 32.8 Å². The summed E-state index contributed by atoms with van der Waals surface area (Å²) in [6, 6.07) is 13.1. The SMILES string of the molecule is COC(=O)c1ccc(S(=O)(=O)N(C)Cc2ccc(Br)cc2)cc1. The molecule has 0 heterocycles. The molecule has 0 bridgehead atoms. The van der Waals surface area contributed by atoms with E-state index in [0.29, 0.717) is 5.56 Å². The van der Waals surface area contributed by atoms with Gasteiger partial charge >= 0.3 is 5.97 Å². The fourth-order valence-corrected chi connectivity index (χ4v) is 3.42. The van der Waals surface area contributed by atoms with Gasteiger partial charge in [-0.25, -0.2) is 13.2 Å². The molecule has 5 nitrogen and oxygen atoms in total. The van der Waals surface area contributed by atoms with Crippen LogP contribution in [0, 0.1) is 0 Å². The maximum Gasteiger partial charge on any atom is 0.337 e. The molecule has 2 rings (SSSR count). The third kappa shape index (κ3) is 4.19. The molecule has 0 saturated carbocycles. The Morgan fingerprint density at radius 2 is 1.65 bits per heavy atom. The zero-order valence-corrected chi connectivity index (χ0v) is 15.1. The number of carbonyl (C=O) groups is 1. The predicted molar refractivity (Wildman–Crippen MR) is 90.6 cm³/mol. The van der Waals surface area contributed by atoms with Crippen LogP contribution in [0.4, 0.5) is 0 Å². The summed E-state index contributed by atoms with van der Waals surface area (Å²) in [5.41, 5.74) is 1.19. The third-order valence-electron chi connectivity index (χ3n) is 3.30. The van der Waals surface area contributed by atoms with Gasteiger partial charge < -0.3 is 4.74 Å². The Morgan fingerprint density at radius 1 is 1.09 bits per heavy atom. The first-order chi connectivity index (χ1) is 10.8. The fraction of sp³-hybridized carbons (Fsp3) is 0.188. The minimum atomic E-state index is -3.63. The summed E-state index contributed by atoms with van der Waals surface area (Å²) < 4.78 is 31.9. The fourth-order valence-electron chi connectivity index (χ4n) is 1.99. The number of carbonyl (C=O) groups excluding carboxylic acids is 1. The topological polar surface area (TPSA) is 63.7 Å². The zero-order valence-electron chi connectivity index (χ0n) is 12.7. The number of nitrogens with zero attached hydrogens (tertiary/aromatic N) is 1. The van der Waals surface area contributed by atoms with E-state index < -0.39 is 16.0 Å². The average molecular weight is 398 g/mol. The Bertz CT molecular complexity index is 786. The Hall–Kier alpha value is -1.70. The lowest BCUT2D eigenvalue weighted by molar-refractivity contribution is 0.0600. The first-order valence-electron chi connectivity index (χ1n) is 6.74. The van der Waals surface area contributed by atoms with Crippen molar-refractivity contribution < 1.29 is 17.9 Å². The molecule has 0 aliphatic rings. The van der Waals surface area contributed by atoms with Gasteiger partial charge in [-0.15, -0.1) is 0 Å². The van der Waals surface area contributed by atoms with Crippen LogP contribution in [0.5, 0.6) is 0 Å². The molecule has 0 aliphatic carbocycles. The van der Waals surface area contributed by atoms with Crippen LogP contribution in [-0.2, 0) is 21.3 Å². The van der Waals surface area contributed by atoms with Gasteiger partial charge in [-0.2, -0.15) is 4.31 Å². The van der Waals surface area contributed by atoms with E-state index in [2.05, 4.69) is 20.7 Å². The van der Waals surface area contributed by atoms with Crippen molar-refractivity contribution in [1.29, 1.82) is 0 Å². The van der Waals surface area contributed by atoms with Crippen LogP contribution in [0.1, 0.15) is 15.9 Å². The van der Waals surface area contributed by atoms with Crippen LogP contribution < -0.4 is 0 Å². The van der Waals surface area contributed by atoms with Crippen molar-refractivity contribution in [3.63, 3.8) is 0 Å². The van der Waals surface area contributed by atoms with E-state index in [0.717, 1.165) is 10.0 Å². The Labute approximate surface area is 144 Å². The Balaban J connectivity index is 2.19. The molecule has 2 aromatic rings. The van der Waals surface area contributed by atoms with E-state index in [1.165, 1.54) is 42.7 Å². The molecule has 0 amide bonds. The third-order valence-corrected chi connectivity index (χ3v) is 5.65. The second-order valence-corrected chi connectivity index (χ2v) is 7.86. The van der Waals surface area contributed by atoms with E-state index in [4.69, 9.17) is 0 Å². The molecular formula is C16H16BrNO4S. The molecular weight excluding hydrogens is 382 g/mol. The number of halogens is 1. The van der Waals surface area contributed by atoms with Gasteiger partial charge in [0.1, 0.15) is 0 Å². The van der Waals surface area contributed by atoms with Crippen LogP contribution in [0.15, 0.2) is 57.9 Å². The van der Waals surface area contributed by atoms with Crippen LogP contribution in [0.3, 0.4) is 0 Å². The normalized spacial score (nSPS) is 11.5. The smallest absolute Gasteiger partial charge is 0.337 e. The van der Waals surface area contributed by atoms with E-state index >= 15 is 0 Å². The summed E-state index contributed by atoms with van der Waals surface area (Å²) in [5, 5.41) is 0. The lowest BCUT2D eigenvalue weighted by atomic mass is 10.2. The highest BCUT2D eigenvalue weighted by Crippen LogP contribution is 2.19. The molecule has 0 atom stereocenters. The number of hydrogen-bond donors (Lipinski definition) is 0. The van der Waals surface area contributed by atoms with Crippen LogP contribution in [0.2, 0.25) is 0 Å². The molecule has 0 spiro atoms. The van der Waals surface area contributed by atoms with Gasteiger partial charge in [0, 0.05) is 18.1 Å². The quantitative estimate of drug-likeness (QED) is 0.727. The molecule has 122 valence electrons. The lowest BCUT2D eigenvalue weighted by Gasteiger charge is -2.17. The first-order valence-corrected chi connectivity index (χ1v) is 8.97. The highest BCUT2D eigenvalue weighted by atomic mass is 79.9. The van der Waals surface area contributed by atoms with Crippen molar-refractivity contribution in [2.75, 3.05) is 14.2 Å². The van der Waals surface area contributed by atoms with Gasteiger partial charge in [0.15, 0.2) is 0 Å². The number of benzene rings is 2. The van der Waals surface area contributed by atoms with E-state index in [1.54, 1.807) is 0 Å². The predicted octanol–water partition coefficient (Wildman–Crippen LogP) is 3.06. The van der Waals surface area contributed by atoms with Crippen molar-refractivity contribution in [3.05, 3.63) is 64.1 Å². The van der Waals surface area contributed by atoms with E-state index in [-0.39, 0.29) is 11.4 Å². The van der Waals surface area contributed by atoms with Crippen LogP contribution in [0.25, 0.3) is 0 Å². The van der Waals surface area contributed by atoms with Gasteiger partial charge in [0.05, 0.1) is 17.6 Å². The Morgan fingerprint density at radius 3 is 2.17 bits per heavy atom. The minimum Gasteiger partial charge on any atom is -0.465 e. The van der Waals surface area contributed by atoms with Crippen molar-refractivity contribution in [2.24, 2.45) is 0 Å². The summed E-state index contributed by atoms with van der Waals surface area (Å²) in [5.74, 6) is -0.503. The van der Waals surface area contributed by atoms with Gasteiger partial charge in [-0.05, 0) is 42.0 Å². The molecule has 0 fully saturated rings. The summed E-state index contributed by atoms with van der Waals surface area (Å²) in [6.07, 6.45) is 0. The second kappa shape index (κ2) is 7.25. The van der Waals surface area contributed by atoms with Crippen LogP contribution >= 0.6 is 15.9 Å². The standard InChI is InChI=1S/C16H16BrNO4S/c1-18(11-12-3-7-14(17)8-4-12)23(20,21)15-9-5-13(6-10-15)16(19)22-2/h3-10H,11H2,1-2H3. The number of sulfonamides is 1. The molecule has 0 aromatic heterocycles. The number of methoxy groups -OCH3 is 1. The minimum absolute atomic E-state index is 0.129. The van der Waals surface area contributed by atoms with Crippen molar-refractivity contribution in [1.82, 2.24) is 4.31 Å². The molecule has 0 aliphatic heterocycles. The van der Waals surface area contributed by atoms with Gasteiger partial charge in [0.25, 0.3) is 0 Å². The van der Waals surface area contributed by atoms with Crippen molar-refractivity contribution >= 4 is 31.9 Å². The molecule has 0 radical (unpaired) electrons. The summed E-state index contributed by atoms with van der Waals surface area (Å²) in [7, 11) is -0.831. The molecule has 23 heavy (non-hydrogen) atoms. The van der Waals surface area contributed by atoms with Gasteiger partial charge in [-0.3, -0.25) is 0 Å². The molecule has 0 unspecified atom stereocenters. The summed E-state index contributed by atoms with van der Waals surface area (Å²) in [4.78, 5) is 11.5. The number of esters is 1. The second-order valence-electron chi connectivity index (χ2n) is 4.90. The van der Waals surface area contributed by atoms with Gasteiger partial charge in [0.2, 0.25) is 10.0 Å². The van der Waals surface area contributed by atoms with Crippen molar-refractivity contribution in [2.45, 2.75) is 11.4 Å². The molecule has 0 saturated heterocycles. The lowest BCUT2D eigenvalue weighted by Crippen LogP contribution is -2.26. The largest absolute Gasteiger partial charge is 0.465 e. The number of hydrogen-bond acceptors (Lipinski definition) is 4. The molecule has 7 heteroatoms. The average Bonchev–Trinajstić information content (AvgIpc) is 2.56. The zero-order chi connectivity index (χ0) is 17.0.